The lowest BCUT2D eigenvalue weighted by molar-refractivity contribution is 0.556. The molecule has 2 atom stereocenters. The number of rotatable bonds is 1. The predicted molar refractivity (Wildman–Crippen MR) is 55.5 cm³/mol. The smallest absolute Gasteiger partial charge is 0.0635 e. The van der Waals surface area contributed by atoms with Crippen LogP contribution in [0.5, 0.6) is 0 Å². The fraction of sp³-hybridized carbons (Fsp3) is 0.667. The maximum absolute atomic E-state index is 6.05. The molecule has 72 valence electrons. The van der Waals surface area contributed by atoms with Gasteiger partial charge in [0.15, 0.2) is 0 Å². The number of halogens is 1. The summed E-state index contributed by atoms with van der Waals surface area (Å²) in [6.07, 6.45) is 5.42. The number of nitrogens with two attached hydrogens (primary N) is 1. The van der Waals surface area contributed by atoms with Crippen LogP contribution in [0.3, 0.4) is 0 Å². The standard InChI is InChI=1S/C9H14BrN3/c1-13-9(7(10)5-12-13)6-3-2-4-8(6)11/h5-6,8H,2-4,11H2,1H3. The first-order chi connectivity index (χ1) is 6.20. The number of aryl methyl sites for hydroxylation is 1. The van der Waals surface area contributed by atoms with Crippen LogP contribution in [0.4, 0.5) is 0 Å². The van der Waals surface area contributed by atoms with Gasteiger partial charge in [0.25, 0.3) is 0 Å². The van der Waals surface area contributed by atoms with Crippen LogP contribution in [0.25, 0.3) is 0 Å². The highest BCUT2D eigenvalue weighted by molar-refractivity contribution is 9.10. The van der Waals surface area contributed by atoms with E-state index < -0.39 is 0 Å². The van der Waals surface area contributed by atoms with Crippen molar-refractivity contribution in [2.75, 3.05) is 0 Å². The lowest BCUT2D eigenvalue weighted by Crippen LogP contribution is -2.24. The molecular formula is C9H14BrN3. The molecule has 2 N–H and O–H groups in total. The van der Waals surface area contributed by atoms with Crippen LogP contribution in [0, 0.1) is 0 Å². The third kappa shape index (κ3) is 1.53. The quantitative estimate of drug-likeness (QED) is 0.818. The van der Waals surface area contributed by atoms with Crippen LogP contribution < -0.4 is 5.73 Å². The Kier molecular flexibility index (Phi) is 2.43. The van der Waals surface area contributed by atoms with Crippen molar-refractivity contribution >= 4 is 15.9 Å². The molecule has 2 rings (SSSR count). The lowest BCUT2D eigenvalue weighted by Gasteiger charge is -2.16. The molecule has 0 saturated heterocycles. The van der Waals surface area contributed by atoms with Crippen molar-refractivity contribution in [3.05, 3.63) is 16.4 Å². The van der Waals surface area contributed by atoms with Crippen molar-refractivity contribution in [2.45, 2.75) is 31.2 Å². The summed E-state index contributed by atoms with van der Waals surface area (Å²) in [6, 6.07) is 0.312. The van der Waals surface area contributed by atoms with Gasteiger partial charge >= 0.3 is 0 Å². The minimum atomic E-state index is 0.312. The van der Waals surface area contributed by atoms with Gasteiger partial charge in [-0.15, -0.1) is 0 Å². The van der Waals surface area contributed by atoms with Gasteiger partial charge in [0.1, 0.15) is 0 Å². The molecule has 1 aromatic rings. The zero-order valence-corrected chi connectivity index (χ0v) is 9.29. The molecular weight excluding hydrogens is 230 g/mol. The molecule has 0 amide bonds. The Labute approximate surface area is 86.4 Å². The van der Waals surface area contributed by atoms with Crippen molar-refractivity contribution in [1.82, 2.24) is 9.78 Å². The van der Waals surface area contributed by atoms with E-state index in [2.05, 4.69) is 21.0 Å². The molecule has 1 heterocycles. The van der Waals surface area contributed by atoms with Crippen LogP contribution in [0.15, 0.2) is 10.7 Å². The molecule has 0 aromatic carbocycles. The topological polar surface area (TPSA) is 43.8 Å². The summed E-state index contributed by atoms with van der Waals surface area (Å²) < 4.78 is 3.03. The van der Waals surface area contributed by atoms with Gasteiger partial charge in [-0.05, 0) is 28.8 Å². The van der Waals surface area contributed by atoms with E-state index in [1.165, 1.54) is 18.5 Å². The van der Waals surface area contributed by atoms with Gasteiger partial charge in [-0.2, -0.15) is 5.10 Å². The second-order valence-corrected chi connectivity index (χ2v) is 4.56. The Morgan fingerprint density at radius 1 is 1.62 bits per heavy atom. The second kappa shape index (κ2) is 3.42. The first-order valence-corrected chi connectivity index (χ1v) is 5.42. The largest absolute Gasteiger partial charge is 0.327 e. The molecule has 0 radical (unpaired) electrons. The molecule has 1 saturated carbocycles. The van der Waals surface area contributed by atoms with E-state index in [0.29, 0.717) is 12.0 Å². The molecule has 4 heteroatoms. The highest BCUT2D eigenvalue weighted by atomic mass is 79.9. The van der Waals surface area contributed by atoms with E-state index in [1.54, 1.807) is 0 Å². The van der Waals surface area contributed by atoms with E-state index in [-0.39, 0.29) is 0 Å². The summed E-state index contributed by atoms with van der Waals surface area (Å²) in [4.78, 5) is 0. The molecule has 0 spiro atoms. The van der Waals surface area contributed by atoms with Crippen LogP contribution in [0.2, 0.25) is 0 Å². The van der Waals surface area contributed by atoms with E-state index in [0.717, 1.165) is 10.9 Å². The Morgan fingerprint density at radius 3 is 2.85 bits per heavy atom. The number of hydrogen-bond donors (Lipinski definition) is 1. The average Bonchev–Trinajstić information content (AvgIpc) is 2.60. The van der Waals surface area contributed by atoms with E-state index in [4.69, 9.17) is 5.73 Å². The lowest BCUT2D eigenvalue weighted by atomic mass is 10.0. The van der Waals surface area contributed by atoms with Gasteiger partial charge in [0.2, 0.25) is 0 Å². The zero-order chi connectivity index (χ0) is 9.42. The minimum Gasteiger partial charge on any atom is -0.327 e. The highest BCUT2D eigenvalue weighted by Gasteiger charge is 2.29. The van der Waals surface area contributed by atoms with Crippen molar-refractivity contribution < 1.29 is 0 Å². The highest BCUT2D eigenvalue weighted by Crippen LogP contribution is 2.36. The third-order valence-corrected chi connectivity index (χ3v) is 3.47. The number of hydrogen-bond acceptors (Lipinski definition) is 2. The SMILES string of the molecule is Cn1ncc(Br)c1C1CCCC1N. The summed E-state index contributed by atoms with van der Waals surface area (Å²) in [5.74, 6) is 0.488. The normalized spacial score (nSPS) is 28.2. The molecule has 3 nitrogen and oxygen atoms in total. The maximum Gasteiger partial charge on any atom is 0.0635 e. The van der Waals surface area contributed by atoms with Crippen LogP contribution in [0.1, 0.15) is 30.9 Å². The summed E-state index contributed by atoms with van der Waals surface area (Å²) in [5.41, 5.74) is 7.30. The maximum atomic E-state index is 6.05. The molecule has 0 aliphatic heterocycles. The van der Waals surface area contributed by atoms with Gasteiger partial charge < -0.3 is 5.73 Å². The Balaban J connectivity index is 2.33. The van der Waals surface area contributed by atoms with E-state index in [1.807, 2.05) is 17.9 Å². The first kappa shape index (κ1) is 9.21. The van der Waals surface area contributed by atoms with Gasteiger partial charge in [0, 0.05) is 19.0 Å². The van der Waals surface area contributed by atoms with Gasteiger partial charge in [-0.25, -0.2) is 0 Å². The summed E-state index contributed by atoms with van der Waals surface area (Å²) in [5, 5.41) is 4.21. The van der Waals surface area contributed by atoms with Crippen molar-refractivity contribution in [3.63, 3.8) is 0 Å². The Hall–Kier alpha value is -0.350. The van der Waals surface area contributed by atoms with Crippen LogP contribution in [-0.2, 0) is 7.05 Å². The molecule has 1 aliphatic rings. The van der Waals surface area contributed by atoms with E-state index >= 15 is 0 Å². The average molecular weight is 244 g/mol. The van der Waals surface area contributed by atoms with Crippen molar-refractivity contribution in [3.8, 4) is 0 Å². The number of nitrogens with zero attached hydrogens (tertiary/aromatic N) is 2. The summed E-state index contributed by atoms with van der Waals surface area (Å²) >= 11 is 3.52. The van der Waals surface area contributed by atoms with Gasteiger partial charge in [-0.1, -0.05) is 6.42 Å². The molecule has 0 bridgehead atoms. The van der Waals surface area contributed by atoms with E-state index in [9.17, 15) is 0 Å². The fourth-order valence-electron chi connectivity index (χ4n) is 2.17. The zero-order valence-electron chi connectivity index (χ0n) is 7.70. The second-order valence-electron chi connectivity index (χ2n) is 3.70. The van der Waals surface area contributed by atoms with Crippen LogP contribution in [-0.4, -0.2) is 15.8 Å². The summed E-state index contributed by atoms with van der Waals surface area (Å²) in [7, 11) is 1.98. The van der Waals surface area contributed by atoms with Crippen LogP contribution >= 0.6 is 15.9 Å². The Morgan fingerprint density at radius 2 is 2.38 bits per heavy atom. The number of aromatic nitrogens is 2. The molecule has 2 unspecified atom stereocenters. The van der Waals surface area contributed by atoms with Crippen molar-refractivity contribution in [2.24, 2.45) is 12.8 Å². The summed E-state index contributed by atoms with van der Waals surface area (Å²) in [6.45, 7) is 0. The molecule has 1 aliphatic carbocycles. The first-order valence-electron chi connectivity index (χ1n) is 4.63. The van der Waals surface area contributed by atoms with Gasteiger partial charge in [0.05, 0.1) is 16.4 Å². The fourth-order valence-corrected chi connectivity index (χ4v) is 2.81. The third-order valence-electron chi connectivity index (χ3n) is 2.86. The monoisotopic (exact) mass is 243 g/mol. The van der Waals surface area contributed by atoms with Gasteiger partial charge in [-0.3, -0.25) is 4.68 Å². The van der Waals surface area contributed by atoms with Crippen molar-refractivity contribution in [1.29, 1.82) is 0 Å². The molecule has 1 aromatic heterocycles. The predicted octanol–water partition coefficient (Wildman–Crippen LogP) is 1.78. The Bertz CT molecular complexity index is 288. The molecule has 1 fully saturated rings. The molecule has 13 heavy (non-hydrogen) atoms. The minimum absolute atomic E-state index is 0.312.